The monoisotopic (exact) mass is 404 g/mol. The van der Waals surface area contributed by atoms with E-state index >= 15 is 0 Å². The zero-order valence-electron chi connectivity index (χ0n) is 17.8. The lowest BCUT2D eigenvalue weighted by atomic mass is 9.74. The van der Waals surface area contributed by atoms with Gasteiger partial charge in [-0.1, -0.05) is 18.2 Å². The average Bonchev–Trinajstić information content (AvgIpc) is 2.81. The maximum atomic E-state index is 5.68. The molecule has 6 heteroatoms. The lowest BCUT2D eigenvalue weighted by Crippen LogP contribution is -2.40. The van der Waals surface area contributed by atoms with E-state index in [1.165, 1.54) is 5.56 Å². The fraction of sp³-hybridized carbons (Fsp3) is 0.375. The lowest BCUT2D eigenvalue weighted by molar-refractivity contribution is 0.0543. The topological polar surface area (TPSA) is 69.2 Å². The lowest BCUT2D eigenvalue weighted by Gasteiger charge is -2.38. The number of methoxy groups -OCH3 is 1. The van der Waals surface area contributed by atoms with Crippen molar-refractivity contribution in [3.63, 3.8) is 0 Å². The van der Waals surface area contributed by atoms with Crippen LogP contribution in [-0.2, 0) is 10.2 Å². The van der Waals surface area contributed by atoms with Crippen LogP contribution in [0, 0.1) is 13.8 Å². The van der Waals surface area contributed by atoms with Gasteiger partial charge >= 0.3 is 0 Å². The summed E-state index contributed by atoms with van der Waals surface area (Å²) < 4.78 is 11.0. The van der Waals surface area contributed by atoms with Crippen LogP contribution >= 0.6 is 0 Å². The van der Waals surface area contributed by atoms with Gasteiger partial charge in [0.25, 0.3) is 0 Å². The Bertz CT molecular complexity index is 984. The molecule has 1 aliphatic heterocycles. The van der Waals surface area contributed by atoms with Crippen molar-refractivity contribution >= 4 is 5.82 Å². The molecule has 1 aromatic carbocycles. The highest BCUT2D eigenvalue weighted by Gasteiger charge is 2.34. The minimum absolute atomic E-state index is 0.0129. The average molecular weight is 405 g/mol. The van der Waals surface area contributed by atoms with Crippen LogP contribution in [0.5, 0.6) is 5.75 Å². The van der Waals surface area contributed by atoms with Crippen molar-refractivity contribution in [2.75, 3.05) is 32.2 Å². The van der Waals surface area contributed by atoms with Crippen LogP contribution < -0.4 is 10.1 Å². The molecular weight excluding hydrogens is 376 g/mol. The summed E-state index contributed by atoms with van der Waals surface area (Å²) in [5.41, 5.74) is 4.08. The van der Waals surface area contributed by atoms with Gasteiger partial charge < -0.3 is 14.8 Å². The van der Waals surface area contributed by atoms with E-state index in [1.54, 1.807) is 13.3 Å². The third-order valence-electron chi connectivity index (χ3n) is 6.03. The maximum Gasteiger partial charge on any atom is 0.180 e. The Labute approximate surface area is 177 Å². The highest BCUT2D eigenvalue weighted by molar-refractivity contribution is 5.56. The second kappa shape index (κ2) is 8.79. The van der Waals surface area contributed by atoms with Crippen LogP contribution in [-0.4, -0.2) is 41.8 Å². The predicted octanol–water partition coefficient (Wildman–Crippen LogP) is 4.32. The molecule has 0 radical (unpaired) electrons. The summed E-state index contributed by atoms with van der Waals surface area (Å²) in [7, 11) is 1.69. The fourth-order valence-electron chi connectivity index (χ4n) is 3.94. The molecule has 156 valence electrons. The summed E-state index contributed by atoms with van der Waals surface area (Å²) in [6.45, 7) is 6.37. The van der Waals surface area contributed by atoms with Crippen molar-refractivity contribution in [1.29, 1.82) is 0 Å². The van der Waals surface area contributed by atoms with E-state index in [4.69, 9.17) is 14.5 Å². The van der Waals surface area contributed by atoms with Crippen LogP contribution in [0.3, 0.4) is 0 Å². The first-order valence-corrected chi connectivity index (χ1v) is 10.3. The van der Waals surface area contributed by atoms with Gasteiger partial charge in [-0.2, -0.15) is 0 Å². The van der Waals surface area contributed by atoms with E-state index in [9.17, 15) is 0 Å². The first kappa shape index (κ1) is 20.3. The zero-order valence-corrected chi connectivity index (χ0v) is 17.8. The Hall–Kier alpha value is -2.99. The molecule has 0 bridgehead atoms. The number of rotatable bonds is 6. The van der Waals surface area contributed by atoms with Gasteiger partial charge in [-0.25, -0.2) is 9.97 Å². The fourth-order valence-corrected chi connectivity index (χ4v) is 3.94. The summed E-state index contributed by atoms with van der Waals surface area (Å²) in [5, 5.41) is 3.64. The van der Waals surface area contributed by atoms with Crippen LogP contribution in [0.1, 0.15) is 29.7 Å². The zero-order chi connectivity index (χ0) is 21.0. The SMILES string of the molecule is COc1ccc(C2(CNc3nc(-c4ccccn4)nc(C)c3C)CCOCC2)cc1. The summed E-state index contributed by atoms with van der Waals surface area (Å²) in [4.78, 5) is 13.9. The molecule has 1 fully saturated rings. The number of ether oxygens (including phenoxy) is 2. The highest BCUT2D eigenvalue weighted by atomic mass is 16.5. The smallest absolute Gasteiger partial charge is 0.180 e. The van der Waals surface area contributed by atoms with E-state index in [1.807, 2.05) is 37.3 Å². The quantitative estimate of drug-likeness (QED) is 0.660. The number of hydrogen-bond acceptors (Lipinski definition) is 6. The third-order valence-corrected chi connectivity index (χ3v) is 6.03. The first-order valence-electron chi connectivity index (χ1n) is 10.3. The van der Waals surface area contributed by atoms with Gasteiger partial charge in [0.05, 0.1) is 7.11 Å². The Morgan fingerprint density at radius 1 is 1.03 bits per heavy atom. The molecule has 1 N–H and O–H groups in total. The maximum absolute atomic E-state index is 5.68. The molecular formula is C24H28N4O2. The largest absolute Gasteiger partial charge is 0.497 e. The van der Waals surface area contributed by atoms with Crippen molar-refractivity contribution in [3.8, 4) is 17.3 Å². The predicted molar refractivity (Wildman–Crippen MR) is 118 cm³/mol. The molecule has 1 saturated heterocycles. The van der Waals surface area contributed by atoms with E-state index < -0.39 is 0 Å². The molecule has 0 aliphatic carbocycles. The Morgan fingerprint density at radius 2 is 1.80 bits per heavy atom. The Morgan fingerprint density at radius 3 is 2.47 bits per heavy atom. The molecule has 6 nitrogen and oxygen atoms in total. The van der Waals surface area contributed by atoms with E-state index in [2.05, 4.69) is 34.3 Å². The van der Waals surface area contributed by atoms with Crippen LogP contribution in [0.15, 0.2) is 48.7 Å². The van der Waals surface area contributed by atoms with Crippen molar-refractivity contribution in [2.45, 2.75) is 32.1 Å². The van der Waals surface area contributed by atoms with Gasteiger partial charge in [0, 0.05) is 42.6 Å². The third kappa shape index (κ3) is 4.14. The second-order valence-corrected chi connectivity index (χ2v) is 7.80. The summed E-state index contributed by atoms with van der Waals surface area (Å²) in [6, 6.07) is 14.2. The molecule has 2 aromatic heterocycles. The highest BCUT2D eigenvalue weighted by Crippen LogP contribution is 2.36. The standard InChI is InChI=1S/C24H28N4O2/c1-17-18(2)27-23(21-6-4-5-13-25-21)28-22(17)26-16-24(11-14-30-15-12-24)19-7-9-20(29-3)10-8-19/h4-10,13H,11-12,14-16H2,1-3H3,(H,26,27,28). The molecule has 0 spiro atoms. The number of benzene rings is 1. The van der Waals surface area contributed by atoms with Gasteiger partial charge in [0.15, 0.2) is 5.82 Å². The Kier molecular flexibility index (Phi) is 5.95. The summed E-state index contributed by atoms with van der Waals surface area (Å²) >= 11 is 0. The van der Waals surface area contributed by atoms with Crippen LogP contribution in [0.25, 0.3) is 11.5 Å². The van der Waals surface area contributed by atoms with Crippen molar-refractivity contribution in [2.24, 2.45) is 0 Å². The van der Waals surface area contributed by atoms with Crippen LogP contribution in [0.2, 0.25) is 0 Å². The second-order valence-electron chi connectivity index (χ2n) is 7.80. The summed E-state index contributed by atoms with van der Waals surface area (Å²) in [5.74, 6) is 2.38. The number of anilines is 1. The first-order chi connectivity index (χ1) is 14.6. The number of nitrogens with zero attached hydrogens (tertiary/aromatic N) is 3. The number of pyridine rings is 1. The van der Waals surface area contributed by atoms with E-state index in [-0.39, 0.29) is 5.41 Å². The minimum atomic E-state index is -0.0129. The number of aryl methyl sites for hydroxylation is 1. The van der Waals surface area contributed by atoms with Gasteiger partial charge in [-0.15, -0.1) is 0 Å². The van der Waals surface area contributed by atoms with Crippen LogP contribution in [0.4, 0.5) is 5.82 Å². The molecule has 3 aromatic rings. The van der Waals surface area contributed by atoms with Gasteiger partial charge in [-0.05, 0) is 56.5 Å². The molecule has 3 heterocycles. The number of hydrogen-bond donors (Lipinski definition) is 1. The van der Waals surface area contributed by atoms with Crippen molar-refractivity contribution in [1.82, 2.24) is 15.0 Å². The molecule has 1 aliphatic rings. The molecule has 0 unspecified atom stereocenters. The number of aromatic nitrogens is 3. The van der Waals surface area contributed by atoms with Gasteiger partial charge in [-0.3, -0.25) is 4.98 Å². The number of nitrogens with one attached hydrogen (secondary N) is 1. The molecule has 4 rings (SSSR count). The summed E-state index contributed by atoms with van der Waals surface area (Å²) in [6.07, 6.45) is 3.69. The Balaban J connectivity index is 1.63. The normalized spacial score (nSPS) is 15.6. The molecule has 30 heavy (non-hydrogen) atoms. The van der Waals surface area contributed by atoms with Gasteiger partial charge in [0.2, 0.25) is 0 Å². The van der Waals surface area contributed by atoms with Crippen molar-refractivity contribution in [3.05, 3.63) is 65.5 Å². The van der Waals surface area contributed by atoms with Crippen molar-refractivity contribution < 1.29 is 9.47 Å². The minimum Gasteiger partial charge on any atom is -0.497 e. The molecule has 0 amide bonds. The van der Waals surface area contributed by atoms with E-state index in [0.29, 0.717) is 5.82 Å². The van der Waals surface area contributed by atoms with E-state index in [0.717, 1.165) is 61.1 Å². The molecule has 0 saturated carbocycles. The molecule has 0 atom stereocenters. The van der Waals surface area contributed by atoms with Gasteiger partial charge in [0.1, 0.15) is 17.3 Å².